The minimum absolute atomic E-state index is 0.226. The standard InChI is InChI=1S/C23H26N4O3/c28-21-12-11-20(23(30)26-21)25-22(29)19-10-4-9-18(24-19)17-8-5-13-27(15-17)14-16-6-2-1-3-7-16/h1-4,6-7,9-10,17,20H,5,8,11-15H2,(H,25,29)(H,26,28,30). The molecule has 0 saturated carbocycles. The van der Waals surface area contributed by atoms with Crippen LogP contribution in [0.25, 0.3) is 0 Å². The lowest BCUT2D eigenvalue weighted by Gasteiger charge is -2.32. The number of aromatic nitrogens is 1. The predicted molar refractivity (Wildman–Crippen MR) is 112 cm³/mol. The first-order chi connectivity index (χ1) is 14.6. The average molecular weight is 406 g/mol. The summed E-state index contributed by atoms with van der Waals surface area (Å²) in [7, 11) is 0. The van der Waals surface area contributed by atoms with Crippen LogP contribution in [-0.2, 0) is 16.1 Å². The third-order valence-corrected chi connectivity index (χ3v) is 5.72. The van der Waals surface area contributed by atoms with E-state index in [1.54, 1.807) is 6.07 Å². The fourth-order valence-electron chi connectivity index (χ4n) is 4.15. The van der Waals surface area contributed by atoms with E-state index < -0.39 is 11.9 Å². The van der Waals surface area contributed by atoms with Gasteiger partial charge in [-0.25, -0.2) is 4.98 Å². The Labute approximate surface area is 175 Å². The number of nitrogens with one attached hydrogen (secondary N) is 2. The molecule has 2 aliphatic heterocycles. The maximum Gasteiger partial charge on any atom is 0.270 e. The van der Waals surface area contributed by atoms with Crippen molar-refractivity contribution in [3.8, 4) is 0 Å². The fraction of sp³-hybridized carbons (Fsp3) is 0.391. The molecular formula is C23H26N4O3. The Morgan fingerprint density at radius 2 is 1.93 bits per heavy atom. The van der Waals surface area contributed by atoms with Crippen LogP contribution < -0.4 is 10.6 Å². The highest BCUT2D eigenvalue weighted by Gasteiger charge is 2.29. The number of benzene rings is 1. The Morgan fingerprint density at radius 3 is 2.73 bits per heavy atom. The Balaban J connectivity index is 1.40. The van der Waals surface area contributed by atoms with Crippen molar-refractivity contribution in [2.45, 2.75) is 44.2 Å². The third kappa shape index (κ3) is 4.91. The zero-order valence-corrected chi connectivity index (χ0v) is 16.8. The average Bonchev–Trinajstić information content (AvgIpc) is 2.77. The minimum atomic E-state index is -0.697. The molecule has 0 spiro atoms. The number of nitrogens with zero attached hydrogens (tertiary/aromatic N) is 2. The van der Waals surface area contributed by atoms with E-state index in [4.69, 9.17) is 0 Å². The molecule has 4 rings (SSSR count). The lowest BCUT2D eigenvalue weighted by Crippen LogP contribution is -2.52. The van der Waals surface area contributed by atoms with E-state index in [0.29, 0.717) is 12.1 Å². The lowest BCUT2D eigenvalue weighted by atomic mass is 9.93. The molecule has 2 aromatic rings. The third-order valence-electron chi connectivity index (χ3n) is 5.72. The van der Waals surface area contributed by atoms with E-state index in [1.165, 1.54) is 5.56 Å². The summed E-state index contributed by atoms with van der Waals surface area (Å²) in [5.74, 6) is -0.878. The van der Waals surface area contributed by atoms with Crippen molar-refractivity contribution in [1.82, 2.24) is 20.5 Å². The number of amides is 3. The molecule has 2 unspecified atom stereocenters. The van der Waals surface area contributed by atoms with E-state index in [0.717, 1.165) is 38.2 Å². The zero-order valence-electron chi connectivity index (χ0n) is 16.8. The van der Waals surface area contributed by atoms with Crippen LogP contribution >= 0.6 is 0 Å². The molecule has 2 N–H and O–H groups in total. The second-order valence-corrected chi connectivity index (χ2v) is 7.98. The number of carbonyl (C=O) groups excluding carboxylic acids is 3. The van der Waals surface area contributed by atoms with Gasteiger partial charge < -0.3 is 5.32 Å². The summed E-state index contributed by atoms with van der Waals surface area (Å²) in [5, 5.41) is 4.96. The molecule has 7 heteroatoms. The number of piperidine rings is 2. The number of hydrogen-bond acceptors (Lipinski definition) is 5. The Bertz CT molecular complexity index is 931. The highest BCUT2D eigenvalue weighted by molar-refractivity contribution is 6.03. The summed E-state index contributed by atoms with van der Waals surface area (Å²) in [5.41, 5.74) is 2.50. The van der Waals surface area contributed by atoms with E-state index in [-0.39, 0.29) is 24.2 Å². The van der Waals surface area contributed by atoms with Gasteiger partial charge in [-0.05, 0) is 43.5 Å². The normalized spacial score (nSPS) is 22.4. The summed E-state index contributed by atoms with van der Waals surface area (Å²) in [6, 6.07) is 15.2. The molecule has 3 heterocycles. The molecule has 0 bridgehead atoms. The fourth-order valence-corrected chi connectivity index (χ4v) is 4.15. The summed E-state index contributed by atoms with van der Waals surface area (Å²) in [6.07, 6.45) is 2.67. The first-order valence-corrected chi connectivity index (χ1v) is 10.5. The van der Waals surface area contributed by atoms with Gasteiger partial charge in [-0.2, -0.15) is 0 Å². The van der Waals surface area contributed by atoms with Crippen molar-refractivity contribution in [1.29, 1.82) is 0 Å². The Hall–Kier alpha value is -3.06. The summed E-state index contributed by atoms with van der Waals surface area (Å²) in [6.45, 7) is 2.87. The van der Waals surface area contributed by atoms with Crippen LogP contribution in [0.3, 0.4) is 0 Å². The maximum atomic E-state index is 12.6. The molecule has 2 saturated heterocycles. The number of pyridine rings is 1. The van der Waals surface area contributed by atoms with Crippen molar-refractivity contribution in [2.24, 2.45) is 0 Å². The SMILES string of the molecule is O=C1CCC(NC(=O)c2cccc(C3CCCN(Cc4ccccc4)C3)n2)C(=O)N1. The van der Waals surface area contributed by atoms with E-state index >= 15 is 0 Å². The van der Waals surface area contributed by atoms with Crippen LogP contribution in [0.1, 0.15) is 53.3 Å². The molecule has 3 amide bonds. The van der Waals surface area contributed by atoms with Crippen LogP contribution in [0.5, 0.6) is 0 Å². The smallest absolute Gasteiger partial charge is 0.270 e. The van der Waals surface area contributed by atoms with Crippen LogP contribution in [0.15, 0.2) is 48.5 Å². The quantitative estimate of drug-likeness (QED) is 0.741. The molecule has 30 heavy (non-hydrogen) atoms. The molecule has 0 radical (unpaired) electrons. The molecule has 1 aromatic heterocycles. The first-order valence-electron chi connectivity index (χ1n) is 10.5. The Morgan fingerprint density at radius 1 is 1.10 bits per heavy atom. The van der Waals surface area contributed by atoms with E-state index in [1.807, 2.05) is 18.2 Å². The number of carbonyl (C=O) groups is 3. The van der Waals surface area contributed by atoms with Crippen molar-refractivity contribution >= 4 is 17.7 Å². The van der Waals surface area contributed by atoms with Gasteiger partial charge in [0.2, 0.25) is 11.8 Å². The lowest BCUT2D eigenvalue weighted by molar-refractivity contribution is -0.134. The molecule has 156 valence electrons. The molecule has 0 aliphatic carbocycles. The number of hydrogen-bond donors (Lipinski definition) is 2. The van der Waals surface area contributed by atoms with Crippen LogP contribution in [0.4, 0.5) is 0 Å². The second-order valence-electron chi connectivity index (χ2n) is 7.98. The van der Waals surface area contributed by atoms with Gasteiger partial charge in [-0.1, -0.05) is 36.4 Å². The summed E-state index contributed by atoms with van der Waals surface area (Å²) < 4.78 is 0. The van der Waals surface area contributed by atoms with Crippen molar-refractivity contribution in [3.05, 3.63) is 65.5 Å². The number of rotatable bonds is 5. The van der Waals surface area contributed by atoms with Gasteiger partial charge in [0.25, 0.3) is 5.91 Å². The van der Waals surface area contributed by atoms with Crippen LogP contribution in [-0.4, -0.2) is 46.7 Å². The topological polar surface area (TPSA) is 91.4 Å². The molecular weight excluding hydrogens is 380 g/mol. The van der Waals surface area contributed by atoms with Crippen molar-refractivity contribution in [2.75, 3.05) is 13.1 Å². The summed E-state index contributed by atoms with van der Waals surface area (Å²) in [4.78, 5) is 42.8. The van der Waals surface area contributed by atoms with E-state index in [9.17, 15) is 14.4 Å². The van der Waals surface area contributed by atoms with Gasteiger partial charge in [0, 0.05) is 31.1 Å². The molecule has 2 fully saturated rings. The van der Waals surface area contributed by atoms with Gasteiger partial charge in [0.15, 0.2) is 0 Å². The van der Waals surface area contributed by atoms with Gasteiger partial charge in [-0.15, -0.1) is 0 Å². The highest BCUT2D eigenvalue weighted by atomic mass is 16.2. The van der Waals surface area contributed by atoms with Gasteiger partial charge in [0.1, 0.15) is 11.7 Å². The maximum absolute atomic E-state index is 12.6. The molecule has 7 nitrogen and oxygen atoms in total. The van der Waals surface area contributed by atoms with Crippen molar-refractivity contribution in [3.63, 3.8) is 0 Å². The monoisotopic (exact) mass is 406 g/mol. The molecule has 2 aliphatic rings. The second kappa shape index (κ2) is 9.17. The number of likely N-dealkylation sites (tertiary alicyclic amines) is 1. The van der Waals surface area contributed by atoms with Gasteiger partial charge in [-0.3, -0.25) is 24.6 Å². The van der Waals surface area contributed by atoms with Gasteiger partial charge in [0.05, 0.1) is 0 Å². The zero-order chi connectivity index (χ0) is 20.9. The Kier molecular flexibility index (Phi) is 6.18. The van der Waals surface area contributed by atoms with Gasteiger partial charge >= 0.3 is 0 Å². The first kappa shape index (κ1) is 20.2. The van der Waals surface area contributed by atoms with Crippen molar-refractivity contribution < 1.29 is 14.4 Å². The van der Waals surface area contributed by atoms with Crippen LogP contribution in [0.2, 0.25) is 0 Å². The minimum Gasteiger partial charge on any atom is -0.339 e. The van der Waals surface area contributed by atoms with E-state index in [2.05, 4.69) is 44.8 Å². The molecule has 2 atom stereocenters. The van der Waals surface area contributed by atoms with Crippen LogP contribution in [0, 0.1) is 0 Å². The molecule has 1 aromatic carbocycles. The predicted octanol–water partition coefficient (Wildman–Crippen LogP) is 2.00. The summed E-state index contributed by atoms with van der Waals surface area (Å²) >= 11 is 0. The largest absolute Gasteiger partial charge is 0.339 e. The highest BCUT2D eigenvalue weighted by Crippen LogP contribution is 2.26. The number of imide groups is 1.